The third kappa shape index (κ3) is 3.04. The number of aromatic nitrogens is 4. The number of nitrogens with one attached hydrogen (secondary N) is 1. The van der Waals surface area contributed by atoms with Crippen LogP contribution in [-0.2, 0) is 0 Å². The van der Waals surface area contributed by atoms with Gasteiger partial charge in [-0.3, -0.25) is 0 Å². The number of benzene rings is 1. The van der Waals surface area contributed by atoms with Gasteiger partial charge >= 0.3 is 0 Å². The van der Waals surface area contributed by atoms with Crippen LogP contribution >= 0.6 is 0 Å². The van der Waals surface area contributed by atoms with Gasteiger partial charge in [-0.05, 0) is 44.9 Å². The lowest BCUT2D eigenvalue weighted by atomic mass is 10.1. The fraction of sp³-hybridized carbons (Fsp3) is 0.389. The minimum absolute atomic E-state index is 0.404. The van der Waals surface area contributed by atoms with Crippen LogP contribution in [0.3, 0.4) is 0 Å². The summed E-state index contributed by atoms with van der Waals surface area (Å²) in [5.41, 5.74) is 2.93. The van der Waals surface area contributed by atoms with Crippen LogP contribution in [0.15, 0.2) is 30.3 Å². The highest BCUT2D eigenvalue weighted by Gasteiger charge is 2.13. The lowest BCUT2D eigenvalue weighted by Gasteiger charge is -2.17. The molecular formula is C18H23N5. The van der Waals surface area contributed by atoms with E-state index in [-0.39, 0.29) is 0 Å². The van der Waals surface area contributed by atoms with E-state index in [1.807, 2.05) is 38.1 Å². The summed E-state index contributed by atoms with van der Waals surface area (Å²) in [6.07, 6.45) is 2.12. The van der Waals surface area contributed by atoms with Gasteiger partial charge in [-0.25, -0.2) is 9.67 Å². The Bertz CT molecular complexity index is 817. The molecule has 0 amide bonds. The predicted octanol–water partition coefficient (Wildman–Crippen LogP) is 4.03. The molecule has 0 aliphatic carbocycles. The lowest BCUT2D eigenvalue weighted by molar-refractivity contribution is 0.667. The third-order valence-electron chi connectivity index (χ3n) is 4.12. The minimum atomic E-state index is 0.404. The Balaban J connectivity index is 2.15. The molecule has 2 aromatic heterocycles. The number of para-hydroxylation sites is 1. The van der Waals surface area contributed by atoms with Crippen molar-refractivity contribution in [2.75, 3.05) is 5.32 Å². The number of fused-ring (bicyclic) bond motifs is 1. The summed E-state index contributed by atoms with van der Waals surface area (Å²) in [6, 6.07) is 10.5. The van der Waals surface area contributed by atoms with Crippen molar-refractivity contribution in [2.45, 2.75) is 46.6 Å². The zero-order chi connectivity index (χ0) is 16.4. The molecule has 5 nitrogen and oxygen atoms in total. The van der Waals surface area contributed by atoms with Crippen molar-refractivity contribution in [3.05, 3.63) is 41.7 Å². The van der Waals surface area contributed by atoms with Crippen molar-refractivity contribution < 1.29 is 0 Å². The second-order valence-electron chi connectivity index (χ2n) is 5.89. The van der Waals surface area contributed by atoms with Gasteiger partial charge in [-0.1, -0.05) is 26.0 Å². The molecule has 5 heteroatoms. The highest BCUT2D eigenvalue weighted by atomic mass is 15.4. The number of hydrogen-bond acceptors (Lipinski definition) is 4. The second kappa shape index (κ2) is 6.36. The van der Waals surface area contributed by atoms with Crippen LogP contribution in [0.1, 0.15) is 38.1 Å². The molecule has 3 rings (SSSR count). The first-order valence-corrected chi connectivity index (χ1v) is 8.19. The van der Waals surface area contributed by atoms with E-state index in [0.717, 1.165) is 41.0 Å². The Morgan fingerprint density at radius 2 is 1.83 bits per heavy atom. The number of anilines is 1. The maximum atomic E-state index is 4.76. The Morgan fingerprint density at radius 1 is 1.09 bits per heavy atom. The van der Waals surface area contributed by atoms with Crippen LogP contribution in [0.25, 0.3) is 16.9 Å². The number of nitrogens with zero attached hydrogens (tertiary/aromatic N) is 4. The van der Waals surface area contributed by atoms with Crippen molar-refractivity contribution >= 4 is 16.7 Å². The molecule has 1 N–H and O–H groups in total. The number of rotatable bonds is 5. The molecule has 0 unspecified atom stereocenters. The average Bonchev–Trinajstić information content (AvgIpc) is 2.90. The maximum absolute atomic E-state index is 4.76. The molecule has 0 aliphatic rings. The zero-order valence-corrected chi connectivity index (χ0v) is 14.2. The molecule has 0 atom stereocenters. The largest absolute Gasteiger partial charge is 0.367 e. The smallest absolute Gasteiger partial charge is 0.253 e. The SMILES string of the molecule is CCC(CC)Nc1nc(-n2nc(C)cc2C)nc2ccccc12. The number of hydrogen-bond donors (Lipinski definition) is 1. The molecular weight excluding hydrogens is 286 g/mol. The van der Waals surface area contributed by atoms with Gasteiger partial charge in [-0.15, -0.1) is 0 Å². The number of aryl methyl sites for hydroxylation is 2. The summed E-state index contributed by atoms with van der Waals surface area (Å²) < 4.78 is 1.81. The van der Waals surface area contributed by atoms with Crippen molar-refractivity contribution in [3.8, 4) is 5.95 Å². The molecule has 0 bridgehead atoms. The van der Waals surface area contributed by atoms with Gasteiger partial charge in [0.15, 0.2) is 0 Å². The standard InChI is InChI=1S/C18H23N5/c1-5-14(6-2)19-17-15-9-7-8-10-16(15)20-18(21-17)23-13(4)11-12(3)22-23/h7-11,14H,5-6H2,1-4H3,(H,19,20,21). The van der Waals surface area contributed by atoms with Gasteiger partial charge in [0, 0.05) is 17.1 Å². The van der Waals surface area contributed by atoms with Gasteiger partial charge in [0.05, 0.1) is 11.2 Å². The first-order chi connectivity index (χ1) is 11.1. The molecule has 0 saturated carbocycles. The molecule has 1 aromatic carbocycles. The van der Waals surface area contributed by atoms with Crippen molar-refractivity contribution in [1.29, 1.82) is 0 Å². The first-order valence-electron chi connectivity index (χ1n) is 8.19. The highest BCUT2D eigenvalue weighted by molar-refractivity contribution is 5.89. The summed E-state index contributed by atoms with van der Waals surface area (Å²) in [7, 11) is 0. The minimum Gasteiger partial charge on any atom is -0.367 e. The maximum Gasteiger partial charge on any atom is 0.253 e. The highest BCUT2D eigenvalue weighted by Crippen LogP contribution is 2.23. The molecule has 0 saturated heterocycles. The molecule has 23 heavy (non-hydrogen) atoms. The zero-order valence-electron chi connectivity index (χ0n) is 14.2. The lowest BCUT2D eigenvalue weighted by Crippen LogP contribution is -2.19. The summed E-state index contributed by atoms with van der Waals surface area (Å²) in [5, 5.41) is 9.12. The van der Waals surface area contributed by atoms with Gasteiger partial charge in [0.1, 0.15) is 5.82 Å². The summed E-state index contributed by atoms with van der Waals surface area (Å²) in [6.45, 7) is 8.37. The molecule has 3 aromatic rings. The Kier molecular flexibility index (Phi) is 4.28. The third-order valence-corrected chi connectivity index (χ3v) is 4.12. The summed E-state index contributed by atoms with van der Waals surface area (Å²) in [4.78, 5) is 9.45. The van der Waals surface area contributed by atoms with E-state index < -0.39 is 0 Å². The predicted molar refractivity (Wildman–Crippen MR) is 94.1 cm³/mol. The quantitative estimate of drug-likeness (QED) is 0.773. The molecule has 0 fully saturated rings. The molecule has 120 valence electrons. The fourth-order valence-corrected chi connectivity index (χ4v) is 2.79. The molecule has 0 aliphatic heterocycles. The van der Waals surface area contributed by atoms with Gasteiger partial charge in [0.2, 0.25) is 0 Å². The fourth-order valence-electron chi connectivity index (χ4n) is 2.79. The molecule has 0 radical (unpaired) electrons. The monoisotopic (exact) mass is 309 g/mol. The van der Waals surface area contributed by atoms with E-state index in [4.69, 9.17) is 4.98 Å². The topological polar surface area (TPSA) is 55.6 Å². The molecule has 2 heterocycles. The van der Waals surface area contributed by atoms with E-state index in [1.165, 1.54) is 0 Å². The molecule has 0 spiro atoms. The van der Waals surface area contributed by atoms with E-state index in [2.05, 4.69) is 35.3 Å². The second-order valence-corrected chi connectivity index (χ2v) is 5.89. The van der Waals surface area contributed by atoms with Crippen molar-refractivity contribution in [2.24, 2.45) is 0 Å². The van der Waals surface area contributed by atoms with Crippen molar-refractivity contribution in [3.63, 3.8) is 0 Å². The van der Waals surface area contributed by atoms with Crippen LogP contribution in [0.2, 0.25) is 0 Å². The average molecular weight is 309 g/mol. The summed E-state index contributed by atoms with van der Waals surface area (Å²) >= 11 is 0. The van der Waals surface area contributed by atoms with Gasteiger partial charge < -0.3 is 5.32 Å². The van der Waals surface area contributed by atoms with E-state index in [1.54, 1.807) is 4.68 Å². The Morgan fingerprint density at radius 3 is 2.48 bits per heavy atom. The van der Waals surface area contributed by atoms with Gasteiger partial charge in [-0.2, -0.15) is 10.1 Å². The normalized spacial score (nSPS) is 11.3. The van der Waals surface area contributed by atoms with Crippen LogP contribution in [0.5, 0.6) is 0 Å². The van der Waals surface area contributed by atoms with E-state index in [9.17, 15) is 0 Å². The van der Waals surface area contributed by atoms with Crippen LogP contribution < -0.4 is 5.32 Å². The van der Waals surface area contributed by atoms with Crippen molar-refractivity contribution in [1.82, 2.24) is 19.7 Å². The Hall–Kier alpha value is -2.43. The van der Waals surface area contributed by atoms with Crippen LogP contribution in [0.4, 0.5) is 5.82 Å². The first kappa shape index (κ1) is 15.5. The Labute approximate surface area is 136 Å². The summed E-state index contributed by atoms with van der Waals surface area (Å²) in [5.74, 6) is 1.50. The van der Waals surface area contributed by atoms with Crippen LogP contribution in [0, 0.1) is 13.8 Å². The van der Waals surface area contributed by atoms with E-state index in [0.29, 0.717) is 12.0 Å². The van der Waals surface area contributed by atoms with Crippen LogP contribution in [-0.4, -0.2) is 25.8 Å². The van der Waals surface area contributed by atoms with Gasteiger partial charge in [0.25, 0.3) is 5.95 Å². The van der Waals surface area contributed by atoms with E-state index >= 15 is 0 Å².